The number of hydrogen-bond acceptors (Lipinski definition) is 5. The number of thioether (sulfide) groups is 1. The highest BCUT2D eigenvalue weighted by Crippen LogP contribution is 2.37. The molecule has 4 nitrogen and oxygen atoms in total. The van der Waals surface area contributed by atoms with Crippen LogP contribution in [0.5, 0.6) is 5.75 Å². The van der Waals surface area contributed by atoms with Gasteiger partial charge >= 0.3 is 5.97 Å². The molecule has 0 aliphatic heterocycles. The van der Waals surface area contributed by atoms with Crippen LogP contribution in [0.3, 0.4) is 0 Å². The summed E-state index contributed by atoms with van der Waals surface area (Å²) in [4.78, 5) is 17.6. The molecule has 1 aromatic heterocycles. The van der Waals surface area contributed by atoms with Crippen molar-refractivity contribution in [2.75, 3.05) is 7.11 Å². The van der Waals surface area contributed by atoms with Crippen LogP contribution < -0.4 is 4.74 Å². The van der Waals surface area contributed by atoms with Crippen LogP contribution in [0.4, 0.5) is 4.39 Å². The first-order valence-electron chi connectivity index (χ1n) is 10.2. The Morgan fingerprint density at radius 1 is 1.09 bits per heavy atom. The zero-order chi connectivity index (χ0) is 23.4. The summed E-state index contributed by atoms with van der Waals surface area (Å²) in [5.74, 6) is 0.0169. The number of ether oxygens (including phenoxy) is 2. The average molecular weight is 482 g/mol. The van der Waals surface area contributed by atoms with Gasteiger partial charge < -0.3 is 9.47 Å². The number of aryl methyl sites for hydroxylation is 1. The zero-order valence-electron chi connectivity index (χ0n) is 18.1. The van der Waals surface area contributed by atoms with E-state index in [0.717, 1.165) is 11.1 Å². The summed E-state index contributed by atoms with van der Waals surface area (Å²) in [6.45, 7) is 2.09. The number of para-hydroxylation sites is 1. The lowest BCUT2D eigenvalue weighted by Gasteiger charge is -2.17. The lowest BCUT2D eigenvalue weighted by Crippen LogP contribution is -2.10. The molecule has 0 aliphatic rings. The molecule has 0 saturated heterocycles. The van der Waals surface area contributed by atoms with Crippen LogP contribution in [0.15, 0.2) is 71.8 Å². The number of nitrogens with zero attached hydrogens (tertiary/aromatic N) is 1. The molecule has 0 spiro atoms. The molecule has 1 heterocycles. The summed E-state index contributed by atoms with van der Waals surface area (Å²) in [7, 11) is 1.33. The van der Waals surface area contributed by atoms with E-state index in [2.05, 4.69) is 6.07 Å². The van der Waals surface area contributed by atoms with Gasteiger partial charge in [0.05, 0.1) is 17.6 Å². The Labute approximate surface area is 200 Å². The molecule has 0 unspecified atom stereocenters. The largest absolute Gasteiger partial charge is 0.487 e. The van der Waals surface area contributed by atoms with Gasteiger partial charge in [-0.3, -0.25) is 0 Å². The Morgan fingerprint density at radius 2 is 1.91 bits per heavy atom. The minimum atomic E-state index is -0.541. The lowest BCUT2D eigenvalue weighted by molar-refractivity contribution is 0.0590. The molecule has 33 heavy (non-hydrogen) atoms. The molecular formula is C26H21ClFNO3S. The molecule has 7 heteroatoms. The Morgan fingerprint density at radius 3 is 2.67 bits per heavy atom. The Kier molecular flexibility index (Phi) is 7.16. The monoisotopic (exact) mass is 481 g/mol. The summed E-state index contributed by atoms with van der Waals surface area (Å²) in [5.41, 5.74) is 3.83. The van der Waals surface area contributed by atoms with Crippen LogP contribution in [-0.4, -0.2) is 18.1 Å². The summed E-state index contributed by atoms with van der Waals surface area (Å²) in [6, 6.07) is 19.7. The maximum atomic E-state index is 13.4. The Bertz CT molecular complexity index is 1330. The molecule has 0 atom stereocenters. The van der Waals surface area contributed by atoms with Crippen LogP contribution in [0.25, 0.3) is 10.9 Å². The highest BCUT2D eigenvalue weighted by molar-refractivity contribution is 7.98. The van der Waals surface area contributed by atoms with Gasteiger partial charge in [-0.25, -0.2) is 14.2 Å². The number of fused-ring (bicyclic) bond motifs is 1. The zero-order valence-corrected chi connectivity index (χ0v) is 19.7. The van der Waals surface area contributed by atoms with Gasteiger partial charge in [0.1, 0.15) is 28.8 Å². The number of rotatable bonds is 7. The SMILES string of the molecule is COC(=O)c1c(SCc2cccc(C)c2)nc2ccccc2c1OCc1ccc(F)cc1Cl. The van der Waals surface area contributed by atoms with E-state index in [9.17, 15) is 9.18 Å². The minimum absolute atomic E-state index is 0.0547. The third kappa shape index (κ3) is 5.29. The van der Waals surface area contributed by atoms with Crippen LogP contribution >= 0.6 is 23.4 Å². The number of methoxy groups -OCH3 is 1. The second kappa shape index (κ2) is 10.2. The molecule has 0 radical (unpaired) electrons. The summed E-state index contributed by atoms with van der Waals surface area (Å²) in [6.07, 6.45) is 0. The summed E-state index contributed by atoms with van der Waals surface area (Å²) >= 11 is 7.62. The van der Waals surface area contributed by atoms with Crippen molar-refractivity contribution >= 4 is 40.2 Å². The second-order valence-electron chi connectivity index (χ2n) is 7.43. The third-order valence-electron chi connectivity index (χ3n) is 5.05. The van der Waals surface area contributed by atoms with Crippen molar-refractivity contribution in [2.45, 2.75) is 24.3 Å². The van der Waals surface area contributed by atoms with E-state index in [0.29, 0.717) is 33.0 Å². The predicted molar refractivity (Wildman–Crippen MR) is 130 cm³/mol. The molecule has 168 valence electrons. The van der Waals surface area contributed by atoms with E-state index in [-0.39, 0.29) is 17.2 Å². The minimum Gasteiger partial charge on any atom is -0.487 e. The number of aromatic nitrogens is 1. The Hall–Kier alpha value is -3.09. The molecule has 4 aromatic rings. The molecule has 0 saturated carbocycles. The third-order valence-corrected chi connectivity index (χ3v) is 6.44. The van der Waals surface area contributed by atoms with Crippen LogP contribution in [0, 0.1) is 12.7 Å². The van der Waals surface area contributed by atoms with Crippen LogP contribution in [0.2, 0.25) is 5.02 Å². The van der Waals surface area contributed by atoms with Gasteiger partial charge in [-0.2, -0.15) is 0 Å². The van der Waals surface area contributed by atoms with Crippen molar-refractivity contribution in [3.05, 3.63) is 99.8 Å². The van der Waals surface area contributed by atoms with Crippen molar-refractivity contribution in [3.8, 4) is 5.75 Å². The second-order valence-corrected chi connectivity index (χ2v) is 8.80. The van der Waals surface area contributed by atoms with E-state index in [1.807, 2.05) is 49.4 Å². The van der Waals surface area contributed by atoms with Crippen molar-refractivity contribution in [3.63, 3.8) is 0 Å². The Balaban J connectivity index is 1.76. The highest BCUT2D eigenvalue weighted by atomic mass is 35.5. The number of hydrogen-bond donors (Lipinski definition) is 0. The number of halogens is 2. The normalized spacial score (nSPS) is 10.9. The first-order valence-corrected chi connectivity index (χ1v) is 11.6. The number of pyridine rings is 1. The maximum absolute atomic E-state index is 13.4. The van der Waals surface area contributed by atoms with E-state index in [4.69, 9.17) is 26.1 Å². The van der Waals surface area contributed by atoms with Crippen molar-refractivity contribution in [1.29, 1.82) is 0 Å². The average Bonchev–Trinajstić information content (AvgIpc) is 2.81. The van der Waals surface area contributed by atoms with Gasteiger partial charge in [0.25, 0.3) is 0 Å². The molecule has 0 N–H and O–H groups in total. The molecule has 0 fully saturated rings. The number of benzene rings is 3. The number of carbonyl (C=O) groups excluding carboxylic acids is 1. The van der Waals surface area contributed by atoms with Gasteiger partial charge in [0, 0.05) is 16.7 Å². The molecule has 3 aromatic carbocycles. The maximum Gasteiger partial charge on any atom is 0.344 e. The van der Waals surface area contributed by atoms with Gasteiger partial charge in [-0.05, 0) is 36.8 Å². The van der Waals surface area contributed by atoms with Crippen molar-refractivity contribution in [1.82, 2.24) is 4.98 Å². The summed E-state index contributed by atoms with van der Waals surface area (Å²) < 4.78 is 24.7. The fourth-order valence-corrected chi connectivity index (χ4v) is 4.63. The first kappa shape index (κ1) is 23.1. The first-order chi connectivity index (χ1) is 16.0. The number of carbonyl (C=O) groups is 1. The summed E-state index contributed by atoms with van der Waals surface area (Å²) in [5, 5.41) is 1.44. The topological polar surface area (TPSA) is 48.4 Å². The fourth-order valence-electron chi connectivity index (χ4n) is 3.44. The van der Waals surface area contributed by atoms with E-state index < -0.39 is 11.8 Å². The number of esters is 1. The van der Waals surface area contributed by atoms with E-state index in [1.54, 1.807) is 6.07 Å². The molecule has 4 rings (SSSR count). The van der Waals surface area contributed by atoms with Gasteiger partial charge in [0.2, 0.25) is 0 Å². The standard InChI is InChI=1S/C26H21ClFNO3S/c1-16-6-5-7-17(12-16)15-33-25-23(26(30)31-2)24(20-8-3-4-9-22(20)29-25)32-14-18-10-11-19(28)13-21(18)27/h3-13H,14-15H2,1-2H3. The fraction of sp³-hybridized carbons (Fsp3) is 0.154. The van der Waals surface area contributed by atoms with E-state index in [1.165, 1.54) is 31.0 Å². The molecule has 0 amide bonds. The van der Waals surface area contributed by atoms with Crippen molar-refractivity contribution in [2.24, 2.45) is 0 Å². The van der Waals surface area contributed by atoms with Gasteiger partial charge in [0.15, 0.2) is 0 Å². The molecule has 0 bridgehead atoms. The van der Waals surface area contributed by atoms with Crippen LogP contribution in [0.1, 0.15) is 27.0 Å². The molecule has 0 aliphatic carbocycles. The predicted octanol–water partition coefficient (Wildman–Crippen LogP) is 6.99. The van der Waals surface area contributed by atoms with Crippen LogP contribution in [-0.2, 0) is 17.1 Å². The van der Waals surface area contributed by atoms with Crippen molar-refractivity contribution < 1.29 is 18.7 Å². The lowest BCUT2D eigenvalue weighted by atomic mass is 10.1. The smallest absolute Gasteiger partial charge is 0.344 e. The quantitative estimate of drug-likeness (QED) is 0.210. The van der Waals surface area contributed by atoms with E-state index >= 15 is 0 Å². The molecular weight excluding hydrogens is 461 g/mol. The van der Waals surface area contributed by atoms with Gasteiger partial charge in [-0.1, -0.05) is 59.6 Å². The highest BCUT2D eigenvalue weighted by Gasteiger charge is 2.24. The van der Waals surface area contributed by atoms with Gasteiger partial charge in [-0.15, -0.1) is 11.8 Å².